The molecule has 3 aromatic heterocycles. The van der Waals surface area contributed by atoms with Crippen LogP contribution in [-0.2, 0) is 0 Å². The molecule has 0 aliphatic rings. The number of benzene rings is 9. The predicted molar refractivity (Wildman–Crippen MR) is 240 cm³/mol. The minimum Gasteiger partial charge on any atom is -0.309 e. The summed E-state index contributed by atoms with van der Waals surface area (Å²) in [6, 6.07) is 77.3. The lowest BCUT2D eigenvalue weighted by atomic mass is 10.00. The molecule has 0 N–H and O–H groups in total. The van der Waals surface area contributed by atoms with Crippen molar-refractivity contribution >= 4 is 65.4 Å². The van der Waals surface area contributed by atoms with E-state index >= 15 is 0 Å². The molecule has 3 nitrogen and oxygen atoms in total. The topological polar surface area (TPSA) is 14.8 Å². The summed E-state index contributed by atoms with van der Waals surface area (Å²) in [5, 5.41) is 7.46. The zero-order chi connectivity index (χ0) is 37.5. The van der Waals surface area contributed by atoms with Gasteiger partial charge in [0.05, 0.1) is 33.1 Å². The van der Waals surface area contributed by atoms with Crippen LogP contribution in [0.3, 0.4) is 0 Å². The van der Waals surface area contributed by atoms with E-state index in [9.17, 15) is 0 Å². The van der Waals surface area contributed by atoms with Crippen molar-refractivity contribution in [1.29, 1.82) is 0 Å². The molecule has 12 aromatic rings. The molecule has 0 aliphatic carbocycles. The molecular formula is C54H35N3. The van der Waals surface area contributed by atoms with Gasteiger partial charge in [0.15, 0.2) is 0 Å². The van der Waals surface area contributed by atoms with E-state index in [1.165, 1.54) is 87.7 Å². The summed E-state index contributed by atoms with van der Waals surface area (Å²) in [7, 11) is 0. The summed E-state index contributed by atoms with van der Waals surface area (Å²) >= 11 is 0. The van der Waals surface area contributed by atoms with Crippen LogP contribution >= 0.6 is 0 Å². The van der Waals surface area contributed by atoms with Crippen LogP contribution in [0.1, 0.15) is 0 Å². The van der Waals surface area contributed by atoms with Crippen molar-refractivity contribution < 1.29 is 0 Å². The van der Waals surface area contributed by atoms with E-state index in [-0.39, 0.29) is 0 Å². The average molecular weight is 726 g/mol. The van der Waals surface area contributed by atoms with E-state index in [4.69, 9.17) is 0 Å². The molecule has 57 heavy (non-hydrogen) atoms. The molecule has 0 amide bonds. The van der Waals surface area contributed by atoms with E-state index in [0.717, 1.165) is 17.1 Å². The summed E-state index contributed by atoms with van der Waals surface area (Å²) < 4.78 is 7.45. The maximum absolute atomic E-state index is 2.51. The first kappa shape index (κ1) is 31.7. The van der Waals surface area contributed by atoms with Crippen LogP contribution in [0.2, 0.25) is 0 Å². The molecule has 0 fully saturated rings. The van der Waals surface area contributed by atoms with Crippen LogP contribution in [0.5, 0.6) is 0 Å². The molecule has 12 rings (SSSR count). The smallest absolute Gasteiger partial charge is 0.0642 e. The Morgan fingerprint density at radius 1 is 0.228 bits per heavy atom. The Bertz CT molecular complexity index is 3480. The fourth-order valence-corrected chi connectivity index (χ4v) is 9.37. The molecule has 0 atom stereocenters. The molecule has 3 heteroatoms. The second kappa shape index (κ2) is 12.5. The van der Waals surface area contributed by atoms with Crippen molar-refractivity contribution in [2.45, 2.75) is 0 Å². The Labute approximate surface area is 329 Å². The zero-order valence-electron chi connectivity index (χ0n) is 31.0. The molecule has 0 saturated carbocycles. The maximum atomic E-state index is 2.51. The maximum Gasteiger partial charge on any atom is 0.0642 e. The lowest BCUT2D eigenvalue weighted by molar-refractivity contribution is 1.17. The third-order valence-electron chi connectivity index (χ3n) is 11.8. The largest absolute Gasteiger partial charge is 0.309 e. The van der Waals surface area contributed by atoms with Gasteiger partial charge >= 0.3 is 0 Å². The Kier molecular flexibility index (Phi) is 6.93. The van der Waals surface area contributed by atoms with Gasteiger partial charge in [-0.25, -0.2) is 0 Å². The highest BCUT2D eigenvalue weighted by Crippen LogP contribution is 2.46. The summed E-state index contributed by atoms with van der Waals surface area (Å²) in [5.74, 6) is 0. The van der Waals surface area contributed by atoms with Gasteiger partial charge in [-0.1, -0.05) is 152 Å². The second-order valence-corrected chi connectivity index (χ2v) is 14.9. The summed E-state index contributed by atoms with van der Waals surface area (Å²) in [4.78, 5) is 0. The molecule has 0 bridgehead atoms. The number of hydrogen-bond acceptors (Lipinski definition) is 0. The molecule has 3 heterocycles. The monoisotopic (exact) mass is 725 g/mol. The van der Waals surface area contributed by atoms with Crippen LogP contribution < -0.4 is 0 Å². The van der Waals surface area contributed by atoms with Crippen molar-refractivity contribution in [2.75, 3.05) is 0 Å². The fourth-order valence-electron chi connectivity index (χ4n) is 9.37. The van der Waals surface area contributed by atoms with Crippen molar-refractivity contribution in [3.8, 4) is 39.3 Å². The molecule has 266 valence electrons. The quantitative estimate of drug-likeness (QED) is 0.168. The highest BCUT2D eigenvalue weighted by Gasteiger charge is 2.25. The number of fused-ring (bicyclic) bond motifs is 11. The van der Waals surface area contributed by atoms with Gasteiger partial charge in [-0.15, -0.1) is 0 Å². The van der Waals surface area contributed by atoms with Crippen molar-refractivity contribution in [3.05, 3.63) is 212 Å². The van der Waals surface area contributed by atoms with Gasteiger partial charge in [0.1, 0.15) is 0 Å². The Hall–Kier alpha value is -7.62. The first-order valence-electron chi connectivity index (χ1n) is 19.6. The van der Waals surface area contributed by atoms with Crippen LogP contribution in [0.4, 0.5) is 0 Å². The first-order valence-corrected chi connectivity index (χ1v) is 19.6. The van der Waals surface area contributed by atoms with E-state index in [1.54, 1.807) is 0 Å². The van der Waals surface area contributed by atoms with Gasteiger partial charge in [0.2, 0.25) is 0 Å². The highest BCUT2D eigenvalue weighted by molar-refractivity contribution is 6.33. The first-order chi connectivity index (χ1) is 28.3. The van der Waals surface area contributed by atoms with Crippen molar-refractivity contribution in [2.24, 2.45) is 0 Å². The molecule has 0 spiro atoms. The minimum absolute atomic E-state index is 1.13. The van der Waals surface area contributed by atoms with E-state index in [1.807, 2.05) is 0 Å². The van der Waals surface area contributed by atoms with Gasteiger partial charge in [0, 0.05) is 49.4 Å². The standard InChI is InChI=1S/C54H35N3/c1-4-15-36(16-5-1)37-27-29-38(30-28-37)39-17-14-22-42(35-39)57-48-26-13-11-24-44(48)46-32-34-50-52(54(46)57)51-49(55(50)40-18-6-2-7-19-40)33-31-45-43-23-10-12-25-47(43)56(53(45)51)41-20-8-3-9-21-41/h1-35H. The van der Waals surface area contributed by atoms with Crippen LogP contribution in [-0.4, -0.2) is 13.7 Å². The number of hydrogen-bond donors (Lipinski definition) is 0. The Morgan fingerprint density at radius 3 is 1.19 bits per heavy atom. The van der Waals surface area contributed by atoms with Crippen LogP contribution in [0.25, 0.3) is 105 Å². The number of nitrogens with zero attached hydrogens (tertiary/aromatic N) is 3. The molecule has 0 aliphatic heterocycles. The van der Waals surface area contributed by atoms with Gasteiger partial charge < -0.3 is 13.7 Å². The van der Waals surface area contributed by atoms with E-state index in [2.05, 4.69) is 226 Å². The Morgan fingerprint density at radius 2 is 0.632 bits per heavy atom. The average Bonchev–Trinajstić information content (AvgIpc) is 3.93. The van der Waals surface area contributed by atoms with Crippen molar-refractivity contribution in [1.82, 2.24) is 13.7 Å². The fraction of sp³-hybridized carbons (Fsp3) is 0. The van der Waals surface area contributed by atoms with E-state index < -0.39 is 0 Å². The summed E-state index contributed by atoms with van der Waals surface area (Å²) in [6.07, 6.45) is 0. The van der Waals surface area contributed by atoms with E-state index in [0.29, 0.717) is 0 Å². The lowest BCUT2D eigenvalue weighted by Gasteiger charge is -2.12. The number of para-hydroxylation sites is 4. The van der Waals surface area contributed by atoms with Gasteiger partial charge in [-0.05, 0) is 82.9 Å². The SMILES string of the molecule is c1ccc(-c2ccc(-c3cccc(-n4c5ccccc5c5ccc6c(c7c(ccc8c9ccccc9n(-c9ccccc9)c87)n6-c6ccccc6)c54)c3)cc2)cc1. The van der Waals surface area contributed by atoms with Gasteiger partial charge in [-0.2, -0.15) is 0 Å². The van der Waals surface area contributed by atoms with Crippen LogP contribution in [0.15, 0.2) is 212 Å². The molecular weight excluding hydrogens is 691 g/mol. The summed E-state index contributed by atoms with van der Waals surface area (Å²) in [6.45, 7) is 0. The number of aromatic nitrogens is 3. The van der Waals surface area contributed by atoms with Gasteiger partial charge in [-0.3, -0.25) is 0 Å². The molecule has 0 unspecified atom stereocenters. The molecule has 0 radical (unpaired) electrons. The third kappa shape index (κ3) is 4.73. The summed E-state index contributed by atoms with van der Waals surface area (Å²) in [5.41, 5.74) is 15.4. The van der Waals surface area contributed by atoms with Crippen LogP contribution in [0, 0.1) is 0 Å². The highest BCUT2D eigenvalue weighted by atomic mass is 15.0. The predicted octanol–water partition coefficient (Wildman–Crippen LogP) is 14.3. The second-order valence-electron chi connectivity index (χ2n) is 14.9. The normalized spacial score (nSPS) is 11.9. The van der Waals surface area contributed by atoms with Crippen molar-refractivity contribution in [3.63, 3.8) is 0 Å². The van der Waals surface area contributed by atoms with Gasteiger partial charge in [0.25, 0.3) is 0 Å². The molecule has 9 aromatic carbocycles. The molecule has 0 saturated heterocycles. The number of rotatable bonds is 5. The minimum atomic E-state index is 1.13. The zero-order valence-corrected chi connectivity index (χ0v) is 31.0. The Balaban J connectivity index is 1.23. The lowest BCUT2D eigenvalue weighted by Crippen LogP contribution is -1.96. The third-order valence-corrected chi connectivity index (χ3v) is 11.8.